The summed E-state index contributed by atoms with van der Waals surface area (Å²) in [5.74, 6) is 0.196. The molecule has 0 atom stereocenters. The largest absolute Gasteiger partial charge is 0.489 e. The number of hydrogen-bond acceptors (Lipinski definition) is 3. The van der Waals surface area contributed by atoms with Crippen LogP contribution in [0.1, 0.15) is 47.0 Å². The van der Waals surface area contributed by atoms with Crippen molar-refractivity contribution in [1.29, 1.82) is 0 Å². The number of hydrogen-bond donors (Lipinski definition) is 1. The first kappa shape index (κ1) is 18.3. The van der Waals surface area contributed by atoms with E-state index in [2.05, 4.69) is 5.32 Å². The Morgan fingerprint density at radius 1 is 1.12 bits per heavy atom. The second kappa shape index (κ2) is 7.69. The molecule has 0 unspecified atom stereocenters. The van der Waals surface area contributed by atoms with Crippen molar-refractivity contribution in [2.75, 3.05) is 18.4 Å². The van der Waals surface area contributed by atoms with Crippen LogP contribution >= 0.6 is 0 Å². The molecule has 1 aromatic rings. The molecule has 2 rings (SSSR count). The summed E-state index contributed by atoms with van der Waals surface area (Å²) in [4.78, 5) is 27.3. The van der Waals surface area contributed by atoms with Crippen LogP contribution in [-0.4, -0.2) is 35.9 Å². The Hall–Kier alpha value is -2.04. The van der Waals surface area contributed by atoms with Crippen molar-refractivity contribution < 1.29 is 14.3 Å². The van der Waals surface area contributed by atoms with E-state index < -0.39 is 5.41 Å². The Bertz CT molecular complexity index is 590. The van der Waals surface area contributed by atoms with Crippen molar-refractivity contribution in [3.05, 3.63) is 24.3 Å². The fourth-order valence-electron chi connectivity index (χ4n) is 2.79. The first-order valence-electron chi connectivity index (χ1n) is 8.69. The minimum absolute atomic E-state index is 0.00560. The van der Waals surface area contributed by atoms with E-state index >= 15 is 0 Å². The minimum Gasteiger partial charge on any atom is -0.489 e. The lowest BCUT2D eigenvalue weighted by atomic mass is 9.89. The standard InChI is InChI=1S/C19H28N2O3/c1-14(2)24-16-11-7-6-10-15(16)20-17(22)19(3,4)18(23)21-12-8-5-9-13-21/h6-7,10-11,14H,5,8-9,12-13H2,1-4H3,(H,20,22). The lowest BCUT2D eigenvalue weighted by molar-refractivity contribution is -0.147. The normalized spacial score (nSPS) is 15.3. The lowest BCUT2D eigenvalue weighted by Gasteiger charge is -2.33. The molecule has 1 heterocycles. The molecule has 2 amide bonds. The summed E-state index contributed by atoms with van der Waals surface area (Å²) in [7, 11) is 0. The summed E-state index contributed by atoms with van der Waals surface area (Å²) in [5.41, 5.74) is -0.516. The molecule has 24 heavy (non-hydrogen) atoms. The third-order valence-corrected chi connectivity index (χ3v) is 4.24. The maximum Gasteiger partial charge on any atom is 0.239 e. The molecular weight excluding hydrogens is 304 g/mol. The second-order valence-electron chi connectivity index (χ2n) is 7.09. The molecule has 1 N–H and O–H groups in total. The molecule has 1 aromatic carbocycles. The van der Waals surface area contributed by atoms with Crippen LogP contribution in [0.2, 0.25) is 0 Å². The van der Waals surface area contributed by atoms with Gasteiger partial charge in [0.25, 0.3) is 0 Å². The first-order chi connectivity index (χ1) is 11.3. The monoisotopic (exact) mass is 332 g/mol. The Morgan fingerprint density at radius 3 is 2.38 bits per heavy atom. The van der Waals surface area contributed by atoms with Crippen LogP contribution in [0, 0.1) is 5.41 Å². The van der Waals surface area contributed by atoms with Crippen molar-refractivity contribution in [3.63, 3.8) is 0 Å². The van der Waals surface area contributed by atoms with E-state index in [1.165, 1.54) is 0 Å². The molecule has 1 saturated heterocycles. The highest BCUT2D eigenvalue weighted by molar-refractivity contribution is 6.10. The topological polar surface area (TPSA) is 58.6 Å². The number of carbonyl (C=O) groups is 2. The van der Waals surface area contributed by atoms with E-state index in [4.69, 9.17) is 4.74 Å². The molecule has 1 fully saturated rings. The molecule has 132 valence electrons. The minimum atomic E-state index is -1.11. The van der Waals surface area contributed by atoms with Gasteiger partial charge in [-0.05, 0) is 59.1 Å². The van der Waals surface area contributed by atoms with Crippen molar-refractivity contribution in [2.24, 2.45) is 5.41 Å². The molecule has 0 radical (unpaired) electrons. The molecule has 0 aromatic heterocycles. The molecule has 1 aliphatic heterocycles. The Balaban J connectivity index is 2.11. The second-order valence-corrected chi connectivity index (χ2v) is 7.09. The number of ether oxygens (including phenoxy) is 1. The predicted molar refractivity (Wildman–Crippen MR) is 95.0 cm³/mol. The summed E-state index contributed by atoms with van der Waals surface area (Å²) in [5, 5.41) is 2.86. The molecule has 0 spiro atoms. The van der Waals surface area contributed by atoms with Crippen LogP contribution in [0.5, 0.6) is 5.75 Å². The highest BCUT2D eigenvalue weighted by atomic mass is 16.5. The number of anilines is 1. The fourth-order valence-corrected chi connectivity index (χ4v) is 2.79. The summed E-state index contributed by atoms with van der Waals surface area (Å²) < 4.78 is 5.73. The van der Waals surface area contributed by atoms with Gasteiger partial charge in [0.05, 0.1) is 11.8 Å². The number of nitrogens with zero attached hydrogens (tertiary/aromatic N) is 1. The van der Waals surface area contributed by atoms with Crippen molar-refractivity contribution in [2.45, 2.75) is 53.1 Å². The Labute approximate surface area is 144 Å². The predicted octanol–water partition coefficient (Wildman–Crippen LogP) is 3.45. The number of benzene rings is 1. The van der Waals surface area contributed by atoms with Gasteiger partial charge in [-0.1, -0.05) is 12.1 Å². The molecular formula is C19H28N2O3. The van der Waals surface area contributed by atoms with E-state index in [0.29, 0.717) is 11.4 Å². The number of likely N-dealkylation sites (tertiary alicyclic amines) is 1. The average Bonchev–Trinajstić information content (AvgIpc) is 2.56. The summed E-state index contributed by atoms with van der Waals surface area (Å²) in [6, 6.07) is 7.30. The number of nitrogens with one attached hydrogen (secondary N) is 1. The van der Waals surface area contributed by atoms with E-state index in [-0.39, 0.29) is 17.9 Å². The zero-order chi connectivity index (χ0) is 17.7. The fraction of sp³-hybridized carbons (Fsp3) is 0.579. The maximum atomic E-state index is 12.7. The number of piperidine rings is 1. The van der Waals surface area contributed by atoms with Gasteiger partial charge in [0.1, 0.15) is 11.2 Å². The van der Waals surface area contributed by atoms with Crippen molar-refractivity contribution in [1.82, 2.24) is 4.90 Å². The highest BCUT2D eigenvalue weighted by Gasteiger charge is 2.39. The molecule has 1 aliphatic rings. The van der Waals surface area contributed by atoms with E-state index in [1.807, 2.05) is 32.0 Å². The van der Waals surface area contributed by atoms with E-state index in [9.17, 15) is 9.59 Å². The molecule has 0 saturated carbocycles. The van der Waals surface area contributed by atoms with Crippen LogP contribution in [0.3, 0.4) is 0 Å². The number of carbonyl (C=O) groups excluding carboxylic acids is 2. The van der Waals surface area contributed by atoms with Gasteiger partial charge in [-0.15, -0.1) is 0 Å². The molecule has 0 bridgehead atoms. The Kier molecular flexibility index (Phi) is 5.86. The number of para-hydroxylation sites is 2. The molecule has 0 aliphatic carbocycles. The number of rotatable bonds is 5. The summed E-state index contributed by atoms with van der Waals surface area (Å²) >= 11 is 0. The van der Waals surface area contributed by atoms with Gasteiger partial charge in [-0.2, -0.15) is 0 Å². The third kappa shape index (κ3) is 4.28. The van der Waals surface area contributed by atoms with Gasteiger partial charge in [0, 0.05) is 13.1 Å². The van der Waals surface area contributed by atoms with Gasteiger partial charge in [-0.3, -0.25) is 9.59 Å². The Morgan fingerprint density at radius 2 is 1.75 bits per heavy atom. The smallest absolute Gasteiger partial charge is 0.239 e. The van der Waals surface area contributed by atoms with Crippen LogP contribution in [0.4, 0.5) is 5.69 Å². The number of amides is 2. The van der Waals surface area contributed by atoms with Crippen LogP contribution < -0.4 is 10.1 Å². The van der Waals surface area contributed by atoms with Gasteiger partial charge < -0.3 is 15.0 Å². The third-order valence-electron chi connectivity index (χ3n) is 4.24. The quantitative estimate of drug-likeness (QED) is 0.840. The van der Waals surface area contributed by atoms with E-state index in [1.54, 1.807) is 24.8 Å². The lowest BCUT2D eigenvalue weighted by Crippen LogP contribution is -2.49. The first-order valence-corrected chi connectivity index (χ1v) is 8.69. The van der Waals surface area contributed by atoms with Gasteiger partial charge in [0.15, 0.2) is 0 Å². The highest BCUT2D eigenvalue weighted by Crippen LogP contribution is 2.29. The summed E-state index contributed by atoms with van der Waals surface area (Å²) in [6.45, 7) is 8.71. The van der Waals surface area contributed by atoms with Crippen molar-refractivity contribution in [3.8, 4) is 5.75 Å². The van der Waals surface area contributed by atoms with E-state index in [0.717, 1.165) is 32.4 Å². The molecule has 5 nitrogen and oxygen atoms in total. The maximum absolute atomic E-state index is 12.7. The average molecular weight is 332 g/mol. The van der Waals surface area contributed by atoms with Gasteiger partial charge in [0.2, 0.25) is 11.8 Å². The van der Waals surface area contributed by atoms with Crippen LogP contribution in [-0.2, 0) is 9.59 Å². The van der Waals surface area contributed by atoms with Crippen LogP contribution in [0.25, 0.3) is 0 Å². The summed E-state index contributed by atoms with van der Waals surface area (Å²) in [6.07, 6.45) is 3.17. The van der Waals surface area contributed by atoms with Gasteiger partial charge in [-0.25, -0.2) is 0 Å². The zero-order valence-electron chi connectivity index (χ0n) is 15.1. The zero-order valence-corrected chi connectivity index (χ0v) is 15.1. The van der Waals surface area contributed by atoms with Crippen molar-refractivity contribution >= 4 is 17.5 Å². The molecule has 5 heteroatoms. The van der Waals surface area contributed by atoms with Gasteiger partial charge >= 0.3 is 0 Å². The van der Waals surface area contributed by atoms with Crippen LogP contribution in [0.15, 0.2) is 24.3 Å². The SMILES string of the molecule is CC(C)Oc1ccccc1NC(=O)C(C)(C)C(=O)N1CCCCC1.